The van der Waals surface area contributed by atoms with Gasteiger partial charge in [-0.25, -0.2) is 14.8 Å². The molecule has 0 spiro atoms. The maximum absolute atomic E-state index is 12.1. The van der Waals surface area contributed by atoms with Gasteiger partial charge in [0.05, 0.1) is 12.1 Å². The van der Waals surface area contributed by atoms with Crippen LogP contribution in [0.3, 0.4) is 0 Å². The lowest BCUT2D eigenvalue weighted by Gasteiger charge is -2.23. The van der Waals surface area contributed by atoms with E-state index < -0.39 is 11.7 Å². The summed E-state index contributed by atoms with van der Waals surface area (Å²) in [6.07, 6.45) is 4.83. The van der Waals surface area contributed by atoms with E-state index in [2.05, 4.69) is 30.6 Å². The summed E-state index contributed by atoms with van der Waals surface area (Å²) in [5.74, 6) is 1.60. The number of hydrogen-bond acceptors (Lipinski definition) is 7. The minimum Gasteiger partial charge on any atom is -0.444 e. The number of ether oxygens (including phenoxy) is 1. The van der Waals surface area contributed by atoms with Gasteiger partial charge in [-0.05, 0) is 58.7 Å². The van der Waals surface area contributed by atoms with Crippen molar-refractivity contribution in [2.75, 3.05) is 5.32 Å². The molecule has 8 nitrogen and oxygen atoms in total. The number of rotatable bonds is 4. The molecule has 3 rings (SSSR count). The van der Waals surface area contributed by atoms with Gasteiger partial charge in [-0.15, -0.1) is 0 Å². The number of carbonyl (C=O) groups excluding carboxylic acids is 1. The Morgan fingerprint density at radius 2 is 2.00 bits per heavy atom. The zero-order valence-corrected chi connectivity index (χ0v) is 19.3. The lowest BCUT2D eigenvalue weighted by molar-refractivity contribution is 0.0508. The summed E-state index contributed by atoms with van der Waals surface area (Å²) < 4.78 is 5.33. The Morgan fingerprint density at radius 1 is 1.26 bits per heavy atom. The summed E-state index contributed by atoms with van der Waals surface area (Å²) in [4.78, 5) is 29.5. The highest BCUT2D eigenvalue weighted by Crippen LogP contribution is 2.32. The van der Waals surface area contributed by atoms with Crippen LogP contribution in [0.4, 0.5) is 10.7 Å². The van der Waals surface area contributed by atoms with Gasteiger partial charge in [0.1, 0.15) is 17.8 Å². The number of amidine groups is 1. The Bertz CT molecular complexity index is 1040. The van der Waals surface area contributed by atoms with Crippen LogP contribution in [-0.4, -0.2) is 38.5 Å². The summed E-state index contributed by atoms with van der Waals surface area (Å²) >= 11 is 6.65. The first-order chi connectivity index (χ1) is 14.5. The number of nitrogens with one attached hydrogen (secondary N) is 2. The minimum absolute atomic E-state index is 0.133. The Morgan fingerprint density at radius 3 is 2.65 bits per heavy atom. The minimum atomic E-state index is -0.574. The van der Waals surface area contributed by atoms with Crippen LogP contribution in [0.1, 0.15) is 51.8 Å². The highest BCUT2D eigenvalue weighted by atomic mass is 35.5. The molecule has 0 radical (unpaired) electrons. The van der Waals surface area contributed by atoms with E-state index in [0.29, 0.717) is 22.6 Å². The van der Waals surface area contributed by atoms with Gasteiger partial charge in [-0.3, -0.25) is 4.99 Å². The van der Waals surface area contributed by atoms with Gasteiger partial charge in [0.25, 0.3) is 0 Å². The third-order valence-corrected chi connectivity index (χ3v) is 5.05. The Labute approximate surface area is 187 Å². The molecule has 2 N–H and O–H groups in total. The van der Waals surface area contributed by atoms with Crippen molar-refractivity contribution in [1.29, 1.82) is 0 Å². The molecule has 9 heteroatoms. The molecule has 0 bridgehead atoms. The largest absolute Gasteiger partial charge is 0.444 e. The van der Waals surface area contributed by atoms with Gasteiger partial charge in [-0.1, -0.05) is 29.8 Å². The molecule has 2 aromatic rings. The predicted molar refractivity (Wildman–Crippen MR) is 122 cm³/mol. The van der Waals surface area contributed by atoms with Gasteiger partial charge in [0, 0.05) is 10.6 Å². The molecular formula is C22H27ClN6O2. The molecule has 2 heterocycles. The molecule has 1 unspecified atom stereocenters. The van der Waals surface area contributed by atoms with Crippen molar-refractivity contribution in [3.8, 4) is 11.4 Å². The number of anilines is 1. The van der Waals surface area contributed by atoms with Crippen molar-refractivity contribution in [2.24, 2.45) is 4.99 Å². The second-order valence-corrected chi connectivity index (χ2v) is 8.76. The highest BCUT2D eigenvalue weighted by Gasteiger charge is 2.21. The standard InChI is InChI=1S/C22H27ClN6O2/c1-12-7-10-17(26-12)28-20-25-11-24-19(29-20)15-8-9-16(18(23)13(15)2)14(3)27-21(30)31-22(4,5)6/h7-12,14H,1-6H3,(H,27,30)(H,24,25,26,28,29)/t12?,14-/m1/s1. The monoisotopic (exact) mass is 442 g/mol. The van der Waals surface area contributed by atoms with E-state index in [-0.39, 0.29) is 12.1 Å². The smallest absolute Gasteiger partial charge is 0.408 e. The van der Waals surface area contributed by atoms with Crippen LogP contribution in [0, 0.1) is 6.92 Å². The van der Waals surface area contributed by atoms with Crippen molar-refractivity contribution in [3.63, 3.8) is 0 Å². The second kappa shape index (κ2) is 9.01. The normalized spacial score (nSPS) is 16.6. The van der Waals surface area contributed by atoms with Crippen molar-refractivity contribution in [2.45, 2.75) is 59.2 Å². The second-order valence-electron chi connectivity index (χ2n) is 8.38. The zero-order valence-electron chi connectivity index (χ0n) is 18.5. The third-order valence-electron chi connectivity index (χ3n) is 4.54. The molecule has 1 amide bonds. The molecule has 0 saturated heterocycles. The summed E-state index contributed by atoms with van der Waals surface area (Å²) in [5, 5.41) is 6.44. The average Bonchev–Trinajstić information content (AvgIpc) is 3.07. The van der Waals surface area contributed by atoms with Crippen molar-refractivity contribution in [1.82, 2.24) is 20.3 Å². The fourth-order valence-corrected chi connectivity index (χ4v) is 3.38. The van der Waals surface area contributed by atoms with Crippen LogP contribution in [0.15, 0.2) is 35.6 Å². The van der Waals surface area contributed by atoms with Crippen molar-refractivity contribution >= 4 is 29.5 Å². The number of benzene rings is 1. The molecule has 164 valence electrons. The Hall–Kier alpha value is -3.00. The number of halogens is 1. The molecule has 1 aliphatic heterocycles. The summed E-state index contributed by atoms with van der Waals surface area (Å²) in [5.41, 5.74) is 1.79. The van der Waals surface area contributed by atoms with Gasteiger partial charge < -0.3 is 15.4 Å². The van der Waals surface area contributed by atoms with Crippen LogP contribution in [0.5, 0.6) is 0 Å². The van der Waals surface area contributed by atoms with E-state index in [0.717, 1.165) is 16.7 Å². The lowest BCUT2D eigenvalue weighted by atomic mass is 10.0. The van der Waals surface area contributed by atoms with Crippen molar-refractivity contribution < 1.29 is 9.53 Å². The van der Waals surface area contributed by atoms with Crippen LogP contribution < -0.4 is 10.6 Å². The fourth-order valence-electron chi connectivity index (χ4n) is 3.06. The van der Waals surface area contributed by atoms with Crippen LogP contribution >= 0.6 is 11.6 Å². The third kappa shape index (κ3) is 5.79. The molecule has 0 fully saturated rings. The van der Waals surface area contributed by atoms with Crippen LogP contribution in [0.25, 0.3) is 11.4 Å². The fraction of sp³-hybridized carbons (Fsp3) is 0.409. The van der Waals surface area contributed by atoms with Crippen LogP contribution in [-0.2, 0) is 4.74 Å². The summed E-state index contributed by atoms with van der Waals surface area (Å²) in [7, 11) is 0. The van der Waals surface area contributed by atoms with E-state index >= 15 is 0 Å². The van der Waals surface area contributed by atoms with E-state index in [1.807, 2.05) is 65.8 Å². The molecule has 0 saturated carbocycles. The average molecular weight is 443 g/mol. The SMILES string of the molecule is Cc1c(-c2ncnc(NC3=NC(C)C=C3)n2)ccc([C@@H](C)NC(=O)OC(C)(C)C)c1Cl. The topological polar surface area (TPSA) is 101 Å². The number of nitrogens with zero attached hydrogens (tertiary/aromatic N) is 4. The quantitative estimate of drug-likeness (QED) is 0.701. The first kappa shape index (κ1) is 22.7. The molecule has 2 atom stereocenters. The molecule has 1 aromatic heterocycles. The Balaban J connectivity index is 1.80. The number of aromatic nitrogens is 3. The zero-order chi connectivity index (χ0) is 22.8. The van der Waals surface area contributed by atoms with Gasteiger partial charge in [0.2, 0.25) is 5.95 Å². The Kier molecular flexibility index (Phi) is 6.59. The first-order valence-corrected chi connectivity index (χ1v) is 10.4. The van der Waals surface area contributed by atoms with E-state index in [9.17, 15) is 4.79 Å². The van der Waals surface area contributed by atoms with Gasteiger partial charge >= 0.3 is 6.09 Å². The number of amides is 1. The molecular weight excluding hydrogens is 416 g/mol. The van der Waals surface area contributed by atoms with Gasteiger partial charge in [0.15, 0.2) is 5.82 Å². The number of hydrogen-bond donors (Lipinski definition) is 2. The highest BCUT2D eigenvalue weighted by molar-refractivity contribution is 6.32. The molecule has 1 aliphatic rings. The number of carbonyl (C=O) groups is 1. The molecule has 31 heavy (non-hydrogen) atoms. The van der Waals surface area contributed by atoms with E-state index in [1.165, 1.54) is 6.33 Å². The van der Waals surface area contributed by atoms with E-state index in [4.69, 9.17) is 16.3 Å². The van der Waals surface area contributed by atoms with Crippen molar-refractivity contribution in [3.05, 3.63) is 46.8 Å². The number of alkyl carbamates (subject to hydrolysis) is 1. The van der Waals surface area contributed by atoms with Crippen LogP contribution in [0.2, 0.25) is 5.02 Å². The first-order valence-electron chi connectivity index (χ1n) is 10.0. The lowest BCUT2D eigenvalue weighted by Crippen LogP contribution is -2.34. The maximum atomic E-state index is 12.1. The predicted octanol–water partition coefficient (Wildman–Crippen LogP) is 4.85. The maximum Gasteiger partial charge on any atom is 0.408 e. The van der Waals surface area contributed by atoms with E-state index in [1.54, 1.807) is 0 Å². The summed E-state index contributed by atoms with van der Waals surface area (Å²) in [6.45, 7) is 11.2. The van der Waals surface area contributed by atoms with Gasteiger partial charge in [-0.2, -0.15) is 4.98 Å². The molecule has 1 aromatic carbocycles. The summed E-state index contributed by atoms with van der Waals surface area (Å²) in [6, 6.07) is 3.54. The number of aliphatic imine (C=N–C) groups is 1. The molecule has 0 aliphatic carbocycles.